The number of benzene rings is 1. The first-order chi connectivity index (χ1) is 16.4. The van der Waals surface area contributed by atoms with Crippen LogP contribution in [0.3, 0.4) is 0 Å². The predicted molar refractivity (Wildman–Crippen MR) is 130 cm³/mol. The predicted octanol–water partition coefficient (Wildman–Crippen LogP) is 4.73. The van der Waals surface area contributed by atoms with Crippen LogP contribution in [0.4, 0.5) is 0 Å². The van der Waals surface area contributed by atoms with Crippen LogP contribution in [0.5, 0.6) is 5.75 Å². The zero-order chi connectivity index (χ0) is 24.0. The van der Waals surface area contributed by atoms with Gasteiger partial charge in [0.2, 0.25) is 0 Å². The van der Waals surface area contributed by atoms with Crippen LogP contribution in [-0.2, 0) is 6.54 Å². The molecule has 0 atom stereocenters. The van der Waals surface area contributed by atoms with Gasteiger partial charge in [0.1, 0.15) is 11.5 Å². The standard InChI is InChI=1S/C26H25N5O3/c1-14-23(15(2)29-28-14)19-6-9-20(27-12-19)13-31-22(32)11-8-18-7-10-21(33-5)25(26(18)31)24-16(3)30-34-17(24)4/h6-12H,13H2,1-5H3,(H,28,29). The molecule has 4 aromatic heterocycles. The largest absolute Gasteiger partial charge is 0.496 e. The van der Waals surface area contributed by atoms with Gasteiger partial charge < -0.3 is 13.8 Å². The zero-order valence-electron chi connectivity index (χ0n) is 19.8. The quantitative estimate of drug-likeness (QED) is 0.411. The van der Waals surface area contributed by atoms with E-state index in [2.05, 4.69) is 20.3 Å². The highest BCUT2D eigenvalue weighted by molar-refractivity contribution is 5.98. The van der Waals surface area contributed by atoms with Gasteiger partial charge in [-0.05, 0) is 57.3 Å². The van der Waals surface area contributed by atoms with Gasteiger partial charge >= 0.3 is 0 Å². The lowest BCUT2D eigenvalue weighted by atomic mass is 9.98. The van der Waals surface area contributed by atoms with Gasteiger partial charge in [0.15, 0.2) is 0 Å². The Kier molecular flexibility index (Phi) is 5.28. The van der Waals surface area contributed by atoms with Crippen molar-refractivity contribution in [2.75, 3.05) is 7.11 Å². The SMILES string of the molecule is COc1ccc2ccc(=O)n(Cc3ccc(-c4c(C)n[nH]c4C)cn3)c2c1-c1c(C)noc1C. The fraction of sp³-hybridized carbons (Fsp3) is 0.231. The van der Waals surface area contributed by atoms with Crippen molar-refractivity contribution >= 4 is 10.9 Å². The second-order valence-electron chi connectivity index (χ2n) is 8.38. The molecule has 172 valence electrons. The Morgan fingerprint density at radius 1 is 0.971 bits per heavy atom. The maximum absolute atomic E-state index is 13.1. The van der Waals surface area contributed by atoms with E-state index in [1.165, 1.54) is 0 Å². The summed E-state index contributed by atoms with van der Waals surface area (Å²) in [7, 11) is 1.62. The van der Waals surface area contributed by atoms with E-state index in [0.29, 0.717) is 18.1 Å². The van der Waals surface area contributed by atoms with E-state index in [0.717, 1.165) is 55.9 Å². The number of pyridine rings is 2. The Morgan fingerprint density at radius 2 is 1.76 bits per heavy atom. The van der Waals surface area contributed by atoms with Gasteiger partial charge in [-0.25, -0.2) is 0 Å². The Morgan fingerprint density at radius 3 is 2.38 bits per heavy atom. The highest BCUT2D eigenvalue weighted by atomic mass is 16.5. The molecule has 5 rings (SSSR count). The summed E-state index contributed by atoms with van der Waals surface area (Å²) in [5.74, 6) is 1.31. The minimum absolute atomic E-state index is 0.124. The van der Waals surface area contributed by atoms with E-state index in [1.54, 1.807) is 17.7 Å². The summed E-state index contributed by atoms with van der Waals surface area (Å²) in [6.45, 7) is 8.01. The number of nitrogens with zero attached hydrogens (tertiary/aromatic N) is 4. The van der Waals surface area contributed by atoms with E-state index >= 15 is 0 Å². The molecule has 0 saturated heterocycles. The van der Waals surface area contributed by atoms with Gasteiger partial charge in [-0.15, -0.1) is 0 Å². The summed E-state index contributed by atoms with van der Waals surface area (Å²) in [6.07, 6.45) is 1.83. The van der Waals surface area contributed by atoms with Gasteiger partial charge in [-0.3, -0.25) is 14.9 Å². The molecule has 1 aromatic carbocycles. The molecule has 5 aromatic rings. The molecule has 8 nitrogen and oxygen atoms in total. The number of H-pyrrole nitrogens is 1. The molecule has 34 heavy (non-hydrogen) atoms. The molecule has 0 saturated carbocycles. The van der Waals surface area contributed by atoms with Crippen molar-refractivity contribution in [2.24, 2.45) is 0 Å². The first-order valence-corrected chi connectivity index (χ1v) is 11.0. The van der Waals surface area contributed by atoms with Gasteiger partial charge in [-0.1, -0.05) is 11.2 Å². The highest BCUT2D eigenvalue weighted by Crippen LogP contribution is 2.40. The Hall–Kier alpha value is -4.20. The fourth-order valence-corrected chi connectivity index (χ4v) is 4.59. The molecule has 0 aliphatic heterocycles. The number of hydrogen-bond donors (Lipinski definition) is 1. The Balaban J connectivity index is 1.67. The zero-order valence-corrected chi connectivity index (χ0v) is 19.8. The van der Waals surface area contributed by atoms with Crippen molar-refractivity contribution in [2.45, 2.75) is 34.2 Å². The summed E-state index contributed by atoms with van der Waals surface area (Å²) < 4.78 is 12.9. The first-order valence-electron chi connectivity index (χ1n) is 11.0. The van der Waals surface area contributed by atoms with E-state index in [9.17, 15) is 4.79 Å². The van der Waals surface area contributed by atoms with Crippen LogP contribution >= 0.6 is 0 Å². The molecule has 1 N–H and O–H groups in total. The molecule has 0 unspecified atom stereocenters. The summed E-state index contributed by atoms with van der Waals surface area (Å²) in [5, 5.41) is 12.3. The van der Waals surface area contributed by atoms with Crippen molar-refractivity contribution in [3.63, 3.8) is 0 Å². The molecule has 0 bridgehead atoms. The van der Waals surface area contributed by atoms with Gasteiger partial charge in [-0.2, -0.15) is 5.10 Å². The van der Waals surface area contributed by atoms with Crippen molar-refractivity contribution in [3.8, 4) is 28.0 Å². The number of aromatic amines is 1. The third-order valence-corrected chi connectivity index (χ3v) is 6.18. The molecule has 8 heteroatoms. The number of ether oxygens (including phenoxy) is 1. The van der Waals surface area contributed by atoms with E-state index in [4.69, 9.17) is 9.26 Å². The monoisotopic (exact) mass is 455 g/mol. The molecule has 4 heterocycles. The number of methoxy groups -OCH3 is 1. The van der Waals surface area contributed by atoms with Crippen molar-refractivity contribution < 1.29 is 9.26 Å². The number of aryl methyl sites for hydroxylation is 4. The molecule has 0 fully saturated rings. The van der Waals surface area contributed by atoms with Crippen LogP contribution in [0, 0.1) is 27.7 Å². The third kappa shape index (κ3) is 3.48. The molecule has 0 spiro atoms. The molecule has 0 aliphatic carbocycles. The summed E-state index contributed by atoms with van der Waals surface area (Å²) >= 11 is 0. The third-order valence-electron chi connectivity index (χ3n) is 6.18. The number of hydrogen-bond acceptors (Lipinski definition) is 6. The highest BCUT2D eigenvalue weighted by Gasteiger charge is 2.22. The van der Waals surface area contributed by atoms with Gasteiger partial charge in [0.25, 0.3) is 5.56 Å². The average molecular weight is 456 g/mol. The molecular formula is C26H25N5O3. The summed E-state index contributed by atoms with van der Waals surface area (Å²) in [4.78, 5) is 17.8. The maximum Gasteiger partial charge on any atom is 0.251 e. The fourth-order valence-electron chi connectivity index (χ4n) is 4.59. The molecule has 0 aliphatic rings. The summed E-state index contributed by atoms with van der Waals surface area (Å²) in [6, 6.07) is 11.2. The van der Waals surface area contributed by atoms with Crippen LogP contribution in [-0.4, -0.2) is 32.0 Å². The van der Waals surface area contributed by atoms with Crippen molar-refractivity contribution in [1.82, 2.24) is 24.9 Å². The number of aromatic nitrogens is 5. The lowest BCUT2D eigenvalue weighted by molar-refractivity contribution is 0.393. The van der Waals surface area contributed by atoms with Crippen LogP contribution in [0.2, 0.25) is 0 Å². The van der Waals surface area contributed by atoms with Crippen molar-refractivity contribution in [3.05, 3.63) is 81.5 Å². The van der Waals surface area contributed by atoms with Crippen LogP contribution < -0.4 is 10.3 Å². The Bertz CT molecular complexity index is 1540. The maximum atomic E-state index is 13.1. The second-order valence-corrected chi connectivity index (χ2v) is 8.38. The van der Waals surface area contributed by atoms with Gasteiger partial charge in [0.05, 0.1) is 47.4 Å². The molecular weight excluding hydrogens is 430 g/mol. The van der Waals surface area contributed by atoms with E-state index in [1.807, 2.05) is 64.2 Å². The lowest BCUT2D eigenvalue weighted by Crippen LogP contribution is -2.21. The smallest absolute Gasteiger partial charge is 0.251 e. The summed E-state index contributed by atoms with van der Waals surface area (Å²) in [5.41, 5.74) is 7.70. The van der Waals surface area contributed by atoms with Crippen LogP contribution in [0.25, 0.3) is 33.2 Å². The number of rotatable bonds is 5. The average Bonchev–Trinajstić information content (AvgIpc) is 3.35. The molecule has 0 amide bonds. The topological polar surface area (TPSA) is 98.8 Å². The Labute approximate surface area is 196 Å². The minimum Gasteiger partial charge on any atom is -0.496 e. The second kappa shape index (κ2) is 8.30. The van der Waals surface area contributed by atoms with Gasteiger partial charge in [0, 0.05) is 29.1 Å². The van der Waals surface area contributed by atoms with E-state index < -0.39 is 0 Å². The van der Waals surface area contributed by atoms with Crippen LogP contribution in [0.15, 0.2) is 51.9 Å². The lowest BCUT2D eigenvalue weighted by Gasteiger charge is -2.17. The van der Waals surface area contributed by atoms with E-state index in [-0.39, 0.29) is 5.56 Å². The number of nitrogens with one attached hydrogen (secondary N) is 1. The first kappa shape index (κ1) is 21.6. The van der Waals surface area contributed by atoms with Crippen molar-refractivity contribution in [1.29, 1.82) is 0 Å². The number of fused-ring (bicyclic) bond motifs is 1. The normalized spacial score (nSPS) is 11.3. The minimum atomic E-state index is -0.124. The van der Waals surface area contributed by atoms with Crippen LogP contribution in [0.1, 0.15) is 28.5 Å². The molecule has 0 radical (unpaired) electrons.